The molecule has 0 aliphatic carbocycles. The lowest BCUT2D eigenvalue weighted by molar-refractivity contribution is -0.126. The van der Waals surface area contributed by atoms with Gasteiger partial charge in [0.05, 0.1) is 12.0 Å². The van der Waals surface area contributed by atoms with Crippen LogP contribution in [0.25, 0.3) is 0 Å². The Kier molecular flexibility index (Phi) is 4.21. The first kappa shape index (κ1) is 12.4. The number of carbonyl (C=O) groups is 1. The molecule has 0 aliphatic heterocycles. The third-order valence-electron chi connectivity index (χ3n) is 1.67. The molecule has 0 unspecified atom stereocenters. The van der Waals surface area contributed by atoms with Crippen LogP contribution in [0, 0.1) is 0 Å². The summed E-state index contributed by atoms with van der Waals surface area (Å²) in [6.07, 6.45) is 0.895. The normalized spacial score (nSPS) is 11.6. The second-order valence-corrected chi connectivity index (χ2v) is 4.66. The summed E-state index contributed by atoms with van der Waals surface area (Å²) in [6.45, 7) is 0. The Morgan fingerprint density at radius 2 is 1.94 bits per heavy atom. The van der Waals surface area contributed by atoms with Crippen LogP contribution in [0.3, 0.4) is 0 Å². The van der Waals surface area contributed by atoms with Gasteiger partial charge in [-0.2, -0.15) is 0 Å². The predicted octanol–water partition coefficient (Wildman–Crippen LogP) is 0.652. The van der Waals surface area contributed by atoms with Crippen molar-refractivity contribution in [3.63, 3.8) is 0 Å². The summed E-state index contributed by atoms with van der Waals surface area (Å²) < 4.78 is 23.3. The molecule has 0 saturated carbocycles. The van der Waals surface area contributed by atoms with Gasteiger partial charge in [0, 0.05) is 11.5 Å². The van der Waals surface area contributed by atoms with Gasteiger partial charge in [-0.05, 0) is 12.1 Å². The van der Waals surface area contributed by atoms with E-state index in [0.29, 0.717) is 0 Å². The van der Waals surface area contributed by atoms with E-state index in [2.05, 4.69) is 4.84 Å². The van der Waals surface area contributed by atoms with Gasteiger partial charge in [-0.15, -0.1) is 0 Å². The standard InChI is InChI=1S/C10H11NO4S/c1-15-11-10(12)7-8-16(13,14)9-5-3-2-4-6-9/h2-8H,1H3,(H,11,12). The van der Waals surface area contributed by atoms with Crippen molar-refractivity contribution in [1.29, 1.82) is 0 Å². The first-order valence-electron chi connectivity index (χ1n) is 4.37. The Bertz CT molecular complexity index is 479. The minimum atomic E-state index is -3.57. The first-order chi connectivity index (χ1) is 7.56. The molecule has 0 radical (unpaired) electrons. The lowest BCUT2D eigenvalue weighted by atomic mass is 10.4. The summed E-state index contributed by atoms with van der Waals surface area (Å²) in [7, 11) is -2.31. The van der Waals surface area contributed by atoms with E-state index < -0.39 is 15.7 Å². The van der Waals surface area contributed by atoms with E-state index in [1.165, 1.54) is 19.2 Å². The zero-order valence-corrected chi connectivity index (χ0v) is 9.40. The molecule has 1 rings (SSSR count). The van der Waals surface area contributed by atoms with Crippen molar-refractivity contribution >= 4 is 15.7 Å². The minimum Gasteiger partial charge on any atom is -0.277 e. The van der Waals surface area contributed by atoms with Gasteiger partial charge in [0.2, 0.25) is 0 Å². The number of sulfone groups is 1. The molecule has 5 nitrogen and oxygen atoms in total. The Labute approximate surface area is 93.6 Å². The molecule has 0 aliphatic rings. The summed E-state index contributed by atoms with van der Waals surface area (Å²) >= 11 is 0. The average Bonchev–Trinajstić information content (AvgIpc) is 2.28. The summed E-state index contributed by atoms with van der Waals surface area (Å²) in [5.41, 5.74) is 1.98. The van der Waals surface area contributed by atoms with Gasteiger partial charge >= 0.3 is 0 Å². The zero-order chi connectivity index (χ0) is 12.0. The zero-order valence-electron chi connectivity index (χ0n) is 8.58. The predicted molar refractivity (Wildman–Crippen MR) is 57.9 cm³/mol. The van der Waals surface area contributed by atoms with E-state index in [9.17, 15) is 13.2 Å². The van der Waals surface area contributed by atoms with Crippen LogP contribution in [-0.2, 0) is 19.5 Å². The highest BCUT2D eigenvalue weighted by Crippen LogP contribution is 2.10. The Morgan fingerprint density at radius 1 is 1.31 bits per heavy atom. The number of nitrogens with one attached hydrogen (secondary N) is 1. The molecule has 6 heteroatoms. The van der Waals surface area contributed by atoms with Crippen molar-refractivity contribution in [3.8, 4) is 0 Å². The second kappa shape index (κ2) is 5.43. The monoisotopic (exact) mass is 241 g/mol. The molecular formula is C10H11NO4S. The van der Waals surface area contributed by atoms with E-state index in [1.54, 1.807) is 18.2 Å². The molecular weight excluding hydrogens is 230 g/mol. The molecule has 86 valence electrons. The third kappa shape index (κ3) is 3.48. The number of hydrogen-bond acceptors (Lipinski definition) is 4. The number of rotatable bonds is 4. The number of benzene rings is 1. The molecule has 1 N–H and O–H groups in total. The van der Waals surface area contributed by atoms with E-state index in [4.69, 9.17) is 0 Å². The molecule has 1 aromatic rings. The van der Waals surface area contributed by atoms with Gasteiger partial charge in [0.25, 0.3) is 5.91 Å². The van der Waals surface area contributed by atoms with Crippen LogP contribution in [0.15, 0.2) is 46.7 Å². The quantitative estimate of drug-likeness (QED) is 0.620. The fourth-order valence-electron chi connectivity index (χ4n) is 0.975. The maximum Gasteiger partial charge on any atom is 0.268 e. The number of hydrogen-bond donors (Lipinski definition) is 1. The molecule has 0 heterocycles. The Balaban J connectivity index is 2.85. The van der Waals surface area contributed by atoms with Crippen LogP contribution in [0.1, 0.15) is 0 Å². The molecule has 1 aromatic carbocycles. The molecule has 0 aromatic heterocycles. The van der Waals surface area contributed by atoms with Crippen LogP contribution in [-0.4, -0.2) is 21.4 Å². The second-order valence-electron chi connectivity index (χ2n) is 2.83. The summed E-state index contributed by atoms with van der Waals surface area (Å²) in [5, 5.41) is 0.830. The Morgan fingerprint density at radius 3 is 2.50 bits per heavy atom. The van der Waals surface area contributed by atoms with E-state index in [0.717, 1.165) is 11.5 Å². The van der Waals surface area contributed by atoms with Crippen LogP contribution in [0.5, 0.6) is 0 Å². The molecule has 0 atom stereocenters. The fourth-order valence-corrected chi connectivity index (χ4v) is 1.97. The van der Waals surface area contributed by atoms with Crippen LogP contribution >= 0.6 is 0 Å². The lowest BCUT2D eigenvalue weighted by Gasteiger charge is -1.98. The van der Waals surface area contributed by atoms with Gasteiger partial charge in [-0.1, -0.05) is 18.2 Å². The van der Waals surface area contributed by atoms with Crippen LogP contribution in [0.2, 0.25) is 0 Å². The van der Waals surface area contributed by atoms with Crippen molar-refractivity contribution in [2.24, 2.45) is 0 Å². The SMILES string of the molecule is CONC(=O)C=CS(=O)(=O)c1ccccc1. The molecule has 16 heavy (non-hydrogen) atoms. The maximum atomic E-state index is 11.6. The van der Waals surface area contributed by atoms with Crippen LogP contribution < -0.4 is 5.48 Å². The largest absolute Gasteiger partial charge is 0.277 e. The van der Waals surface area contributed by atoms with E-state index in [-0.39, 0.29) is 4.90 Å². The van der Waals surface area contributed by atoms with Crippen molar-refractivity contribution in [2.75, 3.05) is 7.11 Å². The van der Waals surface area contributed by atoms with E-state index >= 15 is 0 Å². The van der Waals surface area contributed by atoms with Gasteiger partial charge < -0.3 is 0 Å². The Hall–Kier alpha value is -1.66. The highest BCUT2D eigenvalue weighted by molar-refractivity contribution is 7.94. The first-order valence-corrected chi connectivity index (χ1v) is 5.92. The van der Waals surface area contributed by atoms with Gasteiger partial charge in [-0.25, -0.2) is 13.9 Å². The number of amides is 1. The highest BCUT2D eigenvalue weighted by Gasteiger charge is 2.09. The average molecular weight is 241 g/mol. The molecule has 0 bridgehead atoms. The third-order valence-corrected chi connectivity index (χ3v) is 3.10. The maximum absolute atomic E-state index is 11.6. The van der Waals surface area contributed by atoms with Crippen LogP contribution in [0.4, 0.5) is 0 Å². The number of hydroxylamine groups is 1. The lowest BCUT2D eigenvalue weighted by Crippen LogP contribution is -2.19. The minimum absolute atomic E-state index is 0.136. The van der Waals surface area contributed by atoms with Gasteiger partial charge in [-0.3, -0.25) is 9.63 Å². The fraction of sp³-hybridized carbons (Fsp3) is 0.100. The molecule has 1 amide bonds. The van der Waals surface area contributed by atoms with E-state index in [1.807, 2.05) is 5.48 Å². The topological polar surface area (TPSA) is 72.5 Å². The molecule has 0 fully saturated rings. The molecule has 0 spiro atoms. The van der Waals surface area contributed by atoms with Crippen molar-refractivity contribution < 1.29 is 18.0 Å². The summed E-state index contributed by atoms with van der Waals surface area (Å²) in [5.74, 6) is -0.637. The van der Waals surface area contributed by atoms with Crippen molar-refractivity contribution in [3.05, 3.63) is 41.8 Å². The molecule has 0 saturated heterocycles. The van der Waals surface area contributed by atoms with Crippen molar-refractivity contribution in [2.45, 2.75) is 4.90 Å². The smallest absolute Gasteiger partial charge is 0.268 e. The van der Waals surface area contributed by atoms with Crippen molar-refractivity contribution in [1.82, 2.24) is 5.48 Å². The summed E-state index contributed by atoms with van der Waals surface area (Å²) in [4.78, 5) is 15.4. The number of carbonyl (C=O) groups excluding carboxylic acids is 1. The summed E-state index contributed by atoms with van der Waals surface area (Å²) in [6, 6.07) is 7.83. The highest BCUT2D eigenvalue weighted by atomic mass is 32.2. The van der Waals surface area contributed by atoms with Gasteiger partial charge in [0.15, 0.2) is 9.84 Å². The van der Waals surface area contributed by atoms with Gasteiger partial charge in [0.1, 0.15) is 0 Å².